The number of hydrogen-bond donors (Lipinski definition) is 1. The Morgan fingerprint density at radius 2 is 1.76 bits per heavy atom. The summed E-state index contributed by atoms with van der Waals surface area (Å²) >= 11 is 3.44. The molecule has 0 saturated carbocycles. The van der Waals surface area contributed by atoms with Crippen molar-refractivity contribution in [1.29, 1.82) is 0 Å². The zero-order valence-electron chi connectivity index (χ0n) is 12.0. The fourth-order valence-electron chi connectivity index (χ4n) is 2.62. The van der Waals surface area contributed by atoms with Crippen molar-refractivity contribution < 1.29 is 5.11 Å². The molecule has 2 aromatic heterocycles. The lowest BCUT2D eigenvalue weighted by Gasteiger charge is -2.28. The van der Waals surface area contributed by atoms with Gasteiger partial charge in [-0.25, -0.2) is 0 Å². The van der Waals surface area contributed by atoms with Crippen molar-refractivity contribution in [2.45, 2.75) is 25.4 Å². The van der Waals surface area contributed by atoms with Crippen LogP contribution in [0.25, 0.3) is 9.75 Å². The van der Waals surface area contributed by atoms with E-state index in [0.29, 0.717) is 12.8 Å². The Bertz CT molecular complexity index is 685. The standard InChI is InChI=1S/C18H18OS2/c1-2-18(19,13-14-7-4-3-5-8-14)15-10-12-21-17(15)16-9-6-11-20-16/h3-12,19H,2,13H2,1H3. The van der Waals surface area contributed by atoms with Crippen LogP contribution in [-0.2, 0) is 12.0 Å². The van der Waals surface area contributed by atoms with Gasteiger partial charge in [0.15, 0.2) is 0 Å². The lowest BCUT2D eigenvalue weighted by molar-refractivity contribution is 0.0337. The van der Waals surface area contributed by atoms with Crippen LogP contribution in [0, 0.1) is 0 Å². The summed E-state index contributed by atoms with van der Waals surface area (Å²) in [4.78, 5) is 2.44. The number of aliphatic hydroxyl groups is 1. The first-order chi connectivity index (χ1) is 10.2. The van der Waals surface area contributed by atoms with E-state index in [-0.39, 0.29) is 0 Å². The fourth-order valence-corrected chi connectivity index (χ4v) is 4.49. The maximum Gasteiger partial charge on any atom is 0.0948 e. The van der Waals surface area contributed by atoms with E-state index in [2.05, 4.69) is 48.0 Å². The van der Waals surface area contributed by atoms with E-state index in [4.69, 9.17) is 0 Å². The molecule has 3 aromatic rings. The SMILES string of the molecule is CCC(O)(Cc1ccccc1)c1ccsc1-c1cccs1. The molecule has 0 aliphatic heterocycles. The summed E-state index contributed by atoms with van der Waals surface area (Å²) in [6.07, 6.45) is 1.36. The van der Waals surface area contributed by atoms with Crippen molar-refractivity contribution in [3.63, 3.8) is 0 Å². The zero-order chi connectivity index (χ0) is 14.7. The molecule has 3 rings (SSSR count). The largest absolute Gasteiger partial charge is 0.385 e. The minimum absolute atomic E-state index is 0.652. The molecule has 0 spiro atoms. The Labute approximate surface area is 133 Å². The van der Waals surface area contributed by atoms with Crippen LogP contribution in [0.15, 0.2) is 59.3 Å². The Morgan fingerprint density at radius 3 is 2.43 bits per heavy atom. The number of rotatable bonds is 5. The van der Waals surface area contributed by atoms with Crippen molar-refractivity contribution in [2.24, 2.45) is 0 Å². The molecule has 0 saturated heterocycles. The zero-order valence-corrected chi connectivity index (χ0v) is 13.6. The van der Waals surface area contributed by atoms with E-state index in [1.54, 1.807) is 22.7 Å². The Hall–Kier alpha value is -1.42. The summed E-state index contributed by atoms with van der Waals surface area (Å²) in [7, 11) is 0. The molecule has 0 radical (unpaired) electrons. The summed E-state index contributed by atoms with van der Waals surface area (Å²) in [5, 5.41) is 15.4. The summed E-state index contributed by atoms with van der Waals surface area (Å²) < 4.78 is 0. The summed E-state index contributed by atoms with van der Waals surface area (Å²) in [5.74, 6) is 0. The molecule has 1 atom stereocenters. The summed E-state index contributed by atoms with van der Waals surface area (Å²) in [6, 6.07) is 16.5. The average molecular weight is 314 g/mol. The van der Waals surface area contributed by atoms with E-state index in [1.165, 1.54) is 15.3 Å². The van der Waals surface area contributed by atoms with Gasteiger partial charge in [0.1, 0.15) is 0 Å². The maximum absolute atomic E-state index is 11.2. The third-order valence-corrected chi connectivity index (χ3v) is 5.80. The van der Waals surface area contributed by atoms with Crippen molar-refractivity contribution in [3.05, 3.63) is 70.4 Å². The molecule has 2 heterocycles. The maximum atomic E-state index is 11.2. The fraction of sp³-hybridized carbons (Fsp3) is 0.222. The molecule has 1 unspecified atom stereocenters. The molecule has 0 amide bonds. The predicted molar refractivity (Wildman–Crippen MR) is 92.0 cm³/mol. The van der Waals surface area contributed by atoms with Gasteiger partial charge in [0.2, 0.25) is 0 Å². The normalized spacial score (nSPS) is 14.0. The van der Waals surface area contributed by atoms with Crippen molar-refractivity contribution in [2.75, 3.05) is 0 Å². The minimum Gasteiger partial charge on any atom is -0.385 e. The van der Waals surface area contributed by atoms with Crippen LogP contribution < -0.4 is 0 Å². The second-order valence-electron chi connectivity index (χ2n) is 5.19. The van der Waals surface area contributed by atoms with Gasteiger partial charge in [-0.2, -0.15) is 0 Å². The van der Waals surface area contributed by atoms with Crippen molar-refractivity contribution >= 4 is 22.7 Å². The van der Waals surface area contributed by atoms with Gasteiger partial charge in [-0.1, -0.05) is 43.3 Å². The highest BCUT2D eigenvalue weighted by Crippen LogP contribution is 2.41. The molecule has 108 valence electrons. The van der Waals surface area contributed by atoms with E-state index >= 15 is 0 Å². The molecular weight excluding hydrogens is 296 g/mol. The highest BCUT2D eigenvalue weighted by atomic mass is 32.1. The van der Waals surface area contributed by atoms with Gasteiger partial charge in [0.25, 0.3) is 0 Å². The van der Waals surface area contributed by atoms with Gasteiger partial charge in [-0.3, -0.25) is 0 Å². The first kappa shape index (κ1) is 14.5. The topological polar surface area (TPSA) is 20.2 Å². The van der Waals surface area contributed by atoms with Crippen LogP contribution in [0.1, 0.15) is 24.5 Å². The molecule has 3 heteroatoms. The van der Waals surface area contributed by atoms with Gasteiger partial charge in [0.05, 0.1) is 10.5 Å². The Morgan fingerprint density at radius 1 is 0.952 bits per heavy atom. The van der Waals surface area contributed by atoms with Gasteiger partial charge in [0, 0.05) is 16.9 Å². The molecule has 21 heavy (non-hydrogen) atoms. The highest BCUT2D eigenvalue weighted by molar-refractivity contribution is 7.20. The lowest BCUT2D eigenvalue weighted by atomic mass is 9.85. The van der Waals surface area contributed by atoms with Crippen LogP contribution in [-0.4, -0.2) is 5.11 Å². The molecular formula is C18H18OS2. The van der Waals surface area contributed by atoms with Gasteiger partial charge in [-0.15, -0.1) is 22.7 Å². The molecule has 0 fully saturated rings. The van der Waals surface area contributed by atoms with Crippen LogP contribution >= 0.6 is 22.7 Å². The smallest absolute Gasteiger partial charge is 0.0948 e. The molecule has 0 aliphatic carbocycles. The first-order valence-electron chi connectivity index (χ1n) is 7.11. The van der Waals surface area contributed by atoms with Gasteiger partial charge < -0.3 is 5.11 Å². The molecule has 0 aliphatic rings. The van der Waals surface area contributed by atoms with Crippen LogP contribution in [0.5, 0.6) is 0 Å². The van der Waals surface area contributed by atoms with Crippen LogP contribution in [0.3, 0.4) is 0 Å². The quantitative estimate of drug-likeness (QED) is 0.676. The third-order valence-electron chi connectivity index (χ3n) is 3.84. The second kappa shape index (κ2) is 6.14. The van der Waals surface area contributed by atoms with Crippen molar-refractivity contribution in [3.8, 4) is 9.75 Å². The summed E-state index contributed by atoms with van der Waals surface area (Å²) in [5.41, 5.74) is 1.42. The Balaban J connectivity index is 1.98. The lowest BCUT2D eigenvalue weighted by Crippen LogP contribution is -2.27. The van der Waals surface area contributed by atoms with Crippen LogP contribution in [0.4, 0.5) is 0 Å². The minimum atomic E-state index is -0.805. The van der Waals surface area contributed by atoms with E-state index in [9.17, 15) is 5.11 Å². The molecule has 1 N–H and O–H groups in total. The van der Waals surface area contributed by atoms with Crippen LogP contribution in [0.2, 0.25) is 0 Å². The Kier molecular flexibility index (Phi) is 4.24. The molecule has 1 nitrogen and oxygen atoms in total. The third kappa shape index (κ3) is 2.95. The highest BCUT2D eigenvalue weighted by Gasteiger charge is 2.31. The second-order valence-corrected chi connectivity index (χ2v) is 7.05. The van der Waals surface area contributed by atoms with E-state index in [1.807, 2.05) is 18.2 Å². The molecule has 1 aromatic carbocycles. The number of benzene rings is 1. The van der Waals surface area contributed by atoms with Gasteiger partial charge >= 0.3 is 0 Å². The molecule has 0 bridgehead atoms. The number of hydrogen-bond acceptors (Lipinski definition) is 3. The van der Waals surface area contributed by atoms with Crippen molar-refractivity contribution in [1.82, 2.24) is 0 Å². The van der Waals surface area contributed by atoms with Gasteiger partial charge in [-0.05, 0) is 34.9 Å². The predicted octanol–water partition coefficient (Wildman–Crippen LogP) is 5.32. The first-order valence-corrected chi connectivity index (χ1v) is 8.87. The summed E-state index contributed by atoms with van der Waals surface area (Å²) in [6.45, 7) is 2.05. The average Bonchev–Trinajstić information content (AvgIpc) is 3.19. The van der Waals surface area contributed by atoms with E-state index < -0.39 is 5.60 Å². The van der Waals surface area contributed by atoms with E-state index in [0.717, 1.165) is 5.56 Å². The monoisotopic (exact) mass is 314 g/mol. The number of thiophene rings is 2.